The van der Waals surface area contributed by atoms with Crippen molar-refractivity contribution in [2.24, 2.45) is 0 Å². The summed E-state index contributed by atoms with van der Waals surface area (Å²) < 4.78 is 13.2. The van der Waals surface area contributed by atoms with E-state index in [-0.39, 0.29) is 5.82 Å². The molecule has 0 radical (unpaired) electrons. The van der Waals surface area contributed by atoms with E-state index in [0.29, 0.717) is 12.1 Å². The minimum Gasteiger partial charge on any atom is -0.311 e. The number of hydrogen-bond acceptors (Lipinski definition) is 2. The summed E-state index contributed by atoms with van der Waals surface area (Å²) in [4.78, 5) is 2.49. The third-order valence-corrected chi connectivity index (χ3v) is 3.85. The Labute approximate surface area is 109 Å². The van der Waals surface area contributed by atoms with Crippen LogP contribution in [0.25, 0.3) is 0 Å². The normalized spacial score (nSPS) is 25.3. The molecule has 1 aliphatic rings. The summed E-state index contributed by atoms with van der Waals surface area (Å²) in [5.41, 5.74) is 1.07. The first kappa shape index (κ1) is 13.5. The van der Waals surface area contributed by atoms with Crippen molar-refractivity contribution in [3.8, 4) is 0 Å². The van der Waals surface area contributed by atoms with Crippen molar-refractivity contribution in [2.45, 2.75) is 45.3 Å². The Morgan fingerprint density at radius 1 is 1.33 bits per heavy atom. The van der Waals surface area contributed by atoms with Crippen LogP contribution in [0.15, 0.2) is 24.3 Å². The van der Waals surface area contributed by atoms with Crippen LogP contribution in [-0.2, 0) is 6.54 Å². The van der Waals surface area contributed by atoms with E-state index in [1.807, 2.05) is 6.07 Å². The van der Waals surface area contributed by atoms with E-state index in [4.69, 9.17) is 0 Å². The smallest absolute Gasteiger partial charge is 0.123 e. The molecule has 0 spiro atoms. The highest BCUT2D eigenvalue weighted by Crippen LogP contribution is 2.16. The number of benzene rings is 1. The first-order valence-corrected chi connectivity index (χ1v) is 6.94. The molecule has 0 aromatic heterocycles. The van der Waals surface area contributed by atoms with Crippen molar-refractivity contribution in [3.05, 3.63) is 35.6 Å². The maximum Gasteiger partial charge on any atom is 0.123 e. The van der Waals surface area contributed by atoms with Gasteiger partial charge in [0.05, 0.1) is 0 Å². The first-order valence-electron chi connectivity index (χ1n) is 6.94. The zero-order chi connectivity index (χ0) is 13.0. The predicted octanol–water partition coefficient (Wildman–Crippen LogP) is 2.79. The number of hydrogen-bond donors (Lipinski definition) is 1. The van der Waals surface area contributed by atoms with Crippen LogP contribution in [0.3, 0.4) is 0 Å². The molecule has 1 N–H and O–H groups in total. The molecule has 100 valence electrons. The lowest BCUT2D eigenvalue weighted by molar-refractivity contribution is 0.117. The van der Waals surface area contributed by atoms with Crippen LogP contribution in [0.1, 0.15) is 32.3 Å². The van der Waals surface area contributed by atoms with Gasteiger partial charge >= 0.3 is 0 Å². The summed E-state index contributed by atoms with van der Waals surface area (Å²) in [5, 5.41) is 3.58. The van der Waals surface area contributed by atoms with Crippen molar-refractivity contribution >= 4 is 0 Å². The molecule has 0 amide bonds. The van der Waals surface area contributed by atoms with Gasteiger partial charge in [0.2, 0.25) is 0 Å². The number of halogens is 1. The Hall–Kier alpha value is -0.930. The Kier molecular flexibility index (Phi) is 4.72. The lowest BCUT2D eigenvalue weighted by Crippen LogP contribution is -2.55. The van der Waals surface area contributed by atoms with E-state index in [0.717, 1.165) is 38.0 Å². The van der Waals surface area contributed by atoms with Gasteiger partial charge in [-0.1, -0.05) is 26.0 Å². The second-order valence-electron chi connectivity index (χ2n) is 5.13. The minimum atomic E-state index is -0.136. The fourth-order valence-corrected chi connectivity index (χ4v) is 2.67. The molecular weight excluding hydrogens is 227 g/mol. The maximum absolute atomic E-state index is 13.2. The molecular formula is C15H23FN2. The van der Waals surface area contributed by atoms with Gasteiger partial charge in [-0.05, 0) is 30.5 Å². The molecule has 1 aliphatic heterocycles. The molecule has 3 heteroatoms. The van der Waals surface area contributed by atoms with Crippen molar-refractivity contribution < 1.29 is 4.39 Å². The largest absolute Gasteiger partial charge is 0.311 e. The monoisotopic (exact) mass is 250 g/mol. The first-order chi connectivity index (χ1) is 8.72. The van der Waals surface area contributed by atoms with Crippen LogP contribution in [0, 0.1) is 5.82 Å². The highest BCUT2D eigenvalue weighted by molar-refractivity contribution is 5.16. The number of nitrogens with zero attached hydrogens (tertiary/aromatic N) is 1. The quantitative estimate of drug-likeness (QED) is 0.884. The average Bonchev–Trinajstić information content (AvgIpc) is 2.38. The van der Waals surface area contributed by atoms with Crippen LogP contribution in [0.5, 0.6) is 0 Å². The highest BCUT2D eigenvalue weighted by Gasteiger charge is 2.25. The molecule has 1 fully saturated rings. The van der Waals surface area contributed by atoms with E-state index in [1.165, 1.54) is 6.07 Å². The lowest BCUT2D eigenvalue weighted by Gasteiger charge is -2.40. The average molecular weight is 250 g/mol. The number of piperazine rings is 1. The van der Waals surface area contributed by atoms with Gasteiger partial charge in [0.25, 0.3) is 0 Å². The van der Waals surface area contributed by atoms with Gasteiger partial charge in [0.1, 0.15) is 5.82 Å². The fraction of sp³-hybridized carbons (Fsp3) is 0.600. The third kappa shape index (κ3) is 3.30. The maximum atomic E-state index is 13.2. The Bertz CT molecular complexity index is 381. The molecule has 2 unspecified atom stereocenters. The molecule has 2 nitrogen and oxygen atoms in total. The Morgan fingerprint density at radius 3 is 2.83 bits per heavy atom. The molecule has 1 saturated heterocycles. The zero-order valence-corrected chi connectivity index (χ0v) is 11.3. The summed E-state index contributed by atoms with van der Waals surface area (Å²) in [7, 11) is 0. The lowest BCUT2D eigenvalue weighted by atomic mass is 10.0. The van der Waals surface area contributed by atoms with E-state index >= 15 is 0 Å². The van der Waals surface area contributed by atoms with E-state index in [2.05, 4.69) is 24.1 Å². The van der Waals surface area contributed by atoms with Crippen LogP contribution in [0.4, 0.5) is 4.39 Å². The third-order valence-electron chi connectivity index (χ3n) is 3.85. The molecule has 2 atom stereocenters. The zero-order valence-electron chi connectivity index (χ0n) is 11.3. The molecule has 18 heavy (non-hydrogen) atoms. The van der Waals surface area contributed by atoms with Crippen LogP contribution >= 0.6 is 0 Å². The molecule has 0 aliphatic carbocycles. The van der Waals surface area contributed by atoms with Crippen LogP contribution < -0.4 is 5.32 Å². The second-order valence-corrected chi connectivity index (χ2v) is 5.13. The molecule has 1 aromatic carbocycles. The highest BCUT2D eigenvalue weighted by atomic mass is 19.1. The topological polar surface area (TPSA) is 15.3 Å². The molecule has 0 bridgehead atoms. The van der Waals surface area contributed by atoms with E-state index in [1.54, 1.807) is 12.1 Å². The van der Waals surface area contributed by atoms with Crippen molar-refractivity contribution in [3.63, 3.8) is 0 Å². The van der Waals surface area contributed by atoms with Gasteiger partial charge < -0.3 is 5.32 Å². The summed E-state index contributed by atoms with van der Waals surface area (Å²) in [6.45, 7) is 7.39. The Balaban J connectivity index is 2.04. The van der Waals surface area contributed by atoms with Crippen LogP contribution in [0.2, 0.25) is 0 Å². The summed E-state index contributed by atoms with van der Waals surface area (Å²) >= 11 is 0. The van der Waals surface area contributed by atoms with Crippen LogP contribution in [-0.4, -0.2) is 30.1 Å². The fourth-order valence-electron chi connectivity index (χ4n) is 2.67. The van der Waals surface area contributed by atoms with Gasteiger partial charge in [0, 0.05) is 31.7 Å². The van der Waals surface area contributed by atoms with Gasteiger partial charge in [-0.25, -0.2) is 4.39 Å². The van der Waals surface area contributed by atoms with E-state index < -0.39 is 0 Å². The molecule has 1 aromatic rings. The molecule has 1 heterocycles. The van der Waals surface area contributed by atoms with Gasteiger partial charge in [-0.2, -0.15) is 0 Å². The summed E-state index contributed by atoms with van der Waals surface area (Å²) in [6, 6.07) is 8.10. The summed E-state index contributed by atoms with van der Waals surface area (Å²) in [6.07, 6.45) is 2.29. The molecule has 2 rings (SSSR count). The van der Waals surface area contributed by atoms with Gasteiger partial charge in [-0.3, -0.25) is 4.90 Å². The number of rotatable bonds is 4. The van der Waals surface area contributed by atoms with Crippen molar-refractivity contribution in [1.82, 2.24) is 10.2 Å². The van der Waals surface area contributed by atoms with Crippen molar-refractivity contribution in [2.75, 3.05) is 13.1 Å². The van der Waals surface area contributed by atoms with Gasteiger partial charge in [0.15, 0.2) is 0 Å². The SMILES string of the molecule is CCC1CN(Cc2cccc(F)c2)C(CC)CN1. The summed E-state index contributed by atoms with van der Waals surface area (Å²) in [5.74, 6) is -0.136. The van der Waals surface area contributed by atoms with Gasteiger partial charge in [-0.15, -0.1) is 0 Å². The molecule has 0 saturated carbocycles. The number of nitrogens with one attached hydrogen (secondary N) is 1. The second kappa shape index (κ2) is 6.30. The minimum absolute atomic E-state index is 0.136. The van der Waals surface area contributed by atoms with E-state index in [9.17, 15) is 4.39 Å². The van der Waals surface area contributed by atoms with Crippen molar-refractivity contribution in [1.29, 1.82) is 0 Å². The Morgan fingerprint density at radius 2 is 2.17 bits per heavy atom. The standard InChI is InChI=1S/C15H23FN2/c1-3-14-11-18(15(4-2)9-17-14)10-12-6-5-7-13(16)8-12/h5-8,14-15,17H,3-4,9-11H2,1-2H3. The predicted molar refractivity (Wildman–Crippen MR) is 73.0 cm³/mol.